The van der Waals surface area contributed by atoms with E-state index in [1.807, 2.05) is 30.3 Å². The Bertz CT molecular complexity index is 2810. The van der Waals surface area contributed by atoms with E-state index in [1.54, 1.807) is 6.92 Å². The minimum atomic E-state index is -1.97. The summed E-state index contributed by atoms with van der Waals surface area (Å²) in [6.07, 6.45) is -5.45. The number of carboxylic acids is 3. The van der Waals surface area contributed by atoms with Gasteiger partial charge in [0.25, 0.3) is 0 Å². The smallest absolute Gasteiger partial charge is 0.320 e. The molecule has 0 saturated carbocycles. The number of amides is 2. The van der Waals surface area contributed by atoms with Crippen molar-refractivity contribution in [1.29, 1.82) is 0 Å². The number of hydrazone groups is 1. The highest BCUT2D eigenvalue weighted by Gasteiger charge is 2.49. The first-order valence-electron chi connectivity index (χ1n) is 25.5. The van der Waals surface area contributed by atoms with E-state index in [-0.39, 0.29) is 91.7 Å². The van der Waals surface area contributed by atoms with Gasteiger partial charge in [0, 0.05) is 61.3 Å². The number of aliphatic hydroxyl groups is 5. The second-order valence-corrected chi connectivity index (χ2v) is 19.7. The number of ether oxygens (including phenoxy) is 4. The minimum absolute atomic E-state index is 0.0110. The number of carbonyl (C=O) groups excluding carboxylic acids is 5. The number of aliphatic carboxylic acids is 3. The molecule has 6 rings (SSSR count). The Labute approximate surface area is 468 Å². The van der Waals surface area contributed by atoms with Crippen LogP contribution in [0.1, 0.15) is 120 Å². The van der Waals surface area contributed by atoms with E-state index in [2.05, 4.69) is 15.8 Å². The van der Waals surface area contributed by atoms with Crippen LogP contribution < -0.4 is 38.4 Å². The lowest BCUT2D eigenvalue weighted by atomic mass is 9.72. The van der Waals surface area contributed by atoms with Crippen molar-refractivity contribution in [2.24, 2.45) is 28.0 Å². The Morgan fingerprint density at radius 2 is 1.34 bits per heavy atom. The number of hydrogen-bond acceptors (Lipinski definition) is 24. The third-order valence-electron chi connectivity index (χ3n) is 13.7. The average molecular weight is 1160 g/mol. The molecule has 20 N–H and O–H groups in total. The van der Waals surface area contributed by atoms with Crippen molar-refractivity contribution in [3.05, 3.63) is 87.5 Å². The molecule has 0 radical (unpaired) electrons. The standard InChI is InChI=1S/C32H38N4O12.C12H15NO4.C9H18N2O6/c1-12-26(38)17(34)9-21(47-12)48-19-11-32(45,13(2)35-36-20(37)8-7-16(33)31(43)44)10-15-23(19)30(42)25-24(28(15)40)27(39)14-5-4-6-18(46-3)22(14)29(25)41;13-10(12(15)16)6-7-11(14)17-8-9-4-2-1-3-5-9;10-6(8(16)17)1-2-7(15)11-9(3-12,4-13)5-14/h4-6,12,16-17,19,21,26,38,40,42,45H,7-11,33-34H2,1-3H3,(H,36,37)(H,43,44);1-5,10H,6-8,13H2,(H,15,16);6,12-14H,1-5,10H2,(H,11,15)(H,16,17)/b35-13+;;/t12?,16?,17?,19-,21?,26?,32-;;/m0../s1. The molecule has 82 heavy (non-hydrogen) atoms. The molecule has 3 aromatic rings. The second kappa shape index (κ2) is 30.0. The fourth-order valence-electron chi connectivity index (χ4n) is 8.63. The predicted molar refractivity (Wildman–Crippen MR) is 284 cm³/mol. The number of phenolic OH excluding ortho intramolecular Hbond substituents is 2. The fourth-order valence-corrected chi connectivity index (χ4v) is 8.63. The summed E-state index contributed by atoms with van der Waals surface area (Å²) >= 11 is 0. The number of aliphatic hydroxyl groups excluding tert-OH is 4. The van der Waals surface area contributed by atoms with Crippen LogP contribution in [0.4, 0.5) is 0 Å². The molecular formula is C53H71N7O22. The van der Waals surface area contributed by atoms with E-state index in [9.17, 15) is 58.8 Å². The number of aromatic hydroxyl groups is 2. The maximum absolute atomic E-state index is 13.9. The highest BCUT2D eigenvalue weighted by molar-refractivity contribution is 6.31. The Balaban J connectivity index is 0.000000346. The summed E-state index contributed by atoms with van der Waals surface area (Å²) in [5.74, 6) is -8.07. The van der Waals surface area contributed by atoms with Gasteiger partial charge in [0.05, 0.1) is 67.6 Å². The van der Waals surface area contributed by atoms with Crippen LogP contribution in [0.5, 0.6) is 17.2 Å². The highest BCUT2D eigenvalue weighted by Crippen LogP contribution is 2.52. The van der Waals surface area contributed by atoms with Crippen molar-refractivity contribution in [2.75, 3.05) is 26.9 Å². The Hall–Kier alpha value is -7.55. The molecule has 1 heterocycles. The van der Waals surface area contributed by atoms with Crippen molar-refractivity contribution in [1.82, 2.24) is 10.7 Å². The molecular weight excluding hydrogens is 1090 g/mol. The number of carboxylic acid groups (broad SMARTS) is 3. The molecule has 9 atom stereocenters. The van der Waals surface area contributed by atoms with Gasteiger partial charge >= 0.3 is 23.9 Å². The van der Waals surface area contributed by atoms with Gasteiger partial charge in [0.1, 0.15) is 53.1 Å². The van der Waals surface area contributed by atoms with Gasteiger partial charge in [-0.05, 0) is 44.7 Å². The van der Waals surface area contributed by atoms with E-state index in [1.165, 1.54) is 32.2 Å². The van der Waals surface area contributed by atoms with Crippen molar-refractivity contribution < 1.29 is 108 Å². The maximum Gasteiger partial charge on any atom is 0.320 e. The van der Waals surface area contributed by atoms with Crippen LogP contribution in [-0.4, -0.2) is 185 Å². The number of benzene rings is 3. The average Bonchev–Trinajstić information content (AvgIpc) is 2.97. The molecule has 2 amide bonds. The van der Waals surface area contributed by atoms with Crippen molar-refractivity contribution >= 4 is 53.0 Å². The third kappa shape index (κ3) is 17.0. The molecule has 29 nitrogen and oxygen atoms in total. The summed E-state index contributed by atoms with van der Waals surface area (Å²) in [6, 6.07) is 9.46. The lowest BCUT2D eigenvalue weighted by Gasteiger charge is -2.42. The largest absolute Gasteiger partial charge is 0.507 e. The first-order chi connectivity index (χ1) is 38.6. The van der Waals surface area contributed by atoms with Crippen molar-refractivity contribution in [3.8, 4) is 17.2 Å². The number of hydrogen-bond donors (Lipinski definition) is 16. The van der Waals surface area contributed by atoms with Gasteiger partial charge in [0.2, 0.25) is 17.6 Å². The zero-order chi connectivity index (χ0) is 61.4. The number of carbonyl (C=O) groups is 8. The molecule has 0 spiro atoms. The number of methoxy groups -OCH3 is 1. The first kappa shape index (κ1) is 67.0. The molecule has 1 saturated heterocycles. The summed E-state index contributed by atoms with van der Waals surface area (Å²) in [7, 11) is 1.32. The number of nitrogens with zero attached hydrogens (tertiary/aromatic N) is 1. The van der Waals surface area contributed by atoms with Gasteiger partial charge in [-0.15, -0.1) is 0 Å². The molecule has 0 aromatic heterocycles. The van der Waals surface area contributed by atoms with Gasteiger partial charge in [0.15, 0.2) is 12.1 Å². The highest BCUT2D eigenvalue weighted by atomic mass is 16.7. The van der Waals surface area contributed by atoms with Crippen LogP contribution >= 0.6 is 0 Å². The number of nitrogens with two attached hydrogens (primary N) is 4. The Kier molecular flexibility index (Phi) is 24.5. The number of rotatable bonds is 23. The first-order valence-corrected chi connectivity index (χ1v) is 25.5. The van der Waals surface area contributed by atoms with Crippen LogP contribution in [0.15, 0.2) is 53.6 Å². The normalized spacial score (nSPS) is 21.2. The molecule has 3 aliphatic rings. The summed E-state index contributed by atoms with van der Waals surface area (Å²) < 4.78 is 22.3. The number of nitrogens with one attached hydrogen (secondary N) is 2. The lowest BCUT2D eigenvalue weighted by Crippen LogP contribution is -2.57. The SMILES string of the molecule is COc1cccc2c1C(=O)c1c(O)c3c(c(O)c1C2=O)C[C@@](O)(/C(C)=N/NC(=O)CCC(N)C(=O)O)C[C@@H]3OC1CC(N)C(O)C(C)O1.NC(CCC(=O)NC(CO)(CO)CO)C(=O)O.NC(CCC(=O)OCc1ccccc1)C(=O)O. The molecule has 1 aliphatic heterocycles. The number of ketones is 2. The number of fused-ring (bicyclic) bond motifs is 3. The lowest BCUT2D eigenvalue weighted by molar-refractivity contribution is -0.245. The summed E-state index contributed by atoms with van der Waals surface area (Å²) in [4.78, 5) is 94.4. The summed E-state index contributed by atoms with van der Waals surface area (Å²) in [6.45, 7) is 1.29. The van der Waals surface area contributed by atoms with Gasteiger partial charge < -0.3 is 98.3 Å². The summed E-state index contributed by atoms with van der Waals surface area (Å²) in [5.41, 5.74) is 20.4. The van der Waals surface area contributed by atoms with Crippen LogP contribution in [0.25, 0.3) is 0 Å². The monoisotopic (exact) mass is 1160 g/mol. The zero-order valence-corrected chi connectivity index (χ0v) is 45.1. The Morgan fingerprint density at radius 1 is 0.793 bits per heavy atom. The second-order valence-electron chi connectivity index (χ2n) is 19.7. The van der Waals surface area contributed by atoms with Gasteiger partial charge in [-0.1, -0.05) is 42.5 Å². The van der Waals surface area contributed by atoms with Crippen LogP contribution in [0.2, 0.25) is 0 Å². The van der Waals surface area contributed by atoms with Crippen LogP contribution in [0, 0.1) is 0 Å². The van der Waals surface area contributed by atoms with Crippen molar-refractivity contribution in [2.45, 2.75) is 138 Å². The summed E-state index contributed by atoms with van der Waals surface area (Å²) in [5, 5.41) is 105. The maximum atomic E-state index is 13.9. The molecule has 0 bridgehead atoms. The van der Waals surface area contributed by atoms with Crippen LogP contribution in [-0.2, 0) is 56.0 Å². The van der Waals surface area contributed by atoms with Crippen LogP contribution in [0.3, 0.4) is 0 Å². The third-order valence-corrected chi connectivity index (χ3v) is 13.7. The molecule has 29 heteroatoms. The number of phenols is 2. The molecule has 7 unspecified atom stereocenters. The van der Waals surface area contributed by atoms with E-state index >= 15 is 0 Å². The quantitative estimate of drug-likeness (QED) is 0.0166. The molecule has 2 aliphatic carbocycles. The zero-order valence-electron chi connectivity index (χ0n) is 45.1. The number of esters is 1. The van der Waals surface area contributed by atoms with E-state index in [4.69, 9.17) is 72.5 Å². The molecule has 1 fully saturated rings. The van der Waals surface area contributed by atoms with E-state index < -0.39 is 156 Å². The van der Waals surface area contributed by atoms with E-state index in [0.29, 0.717) is 0 Å². The van der Waals surface area contributed by atoms with Gasteiger partial charge in [-0.3, -0.25) is 38.4 Å². The minimum Gasteiger partial charge on any atom is -0.507 e. The topological polar surface area (TPSA) is 516 Å². The molecule has 450 valence electrons. The van der Waals surface area contributed by atoms with Gasteiger partial charge in [-0.25, -0.2) is 5.43 Å². The van der Waals surface area contributed by atoms with Gasteiger partial charge in [-0.2, -0.15) is 5.10 Å². The van der Waals surface area contributed by atoms with E-state index in [0.717, 1.165) is 5.56 Å². The van der Waals surface area contributed by atoms with Crippen molar-refractivity contribution in [3.63, 3.8) is 0 Å². The fraction of sp³-hybridized carbons (Fsp3) is 0.491. The predicted octanol–water partition coefficient (Wildman–Crippen LogP) is -1.94. The molecule has 3 aromatic carbocycles. The Morgan fingerprint density at radius 3 is 1.88 bits per heavy atom.